The first-order valence-electron chi connectivity index (χ1n) is 5.00. The highest BCUT2D eigenvalue weighted by molar-refractivity contribution is 6.42. The smallest absolute Gasteiger partial charge is 0.388 e. The summed E-state index contributed by atoms with van der Waals surface area (Å²) in [5.41, 5.74) is 0.362. The van der Waals surface area contributed by atoms with E-state index in [9.17, 15) is 18.3 Å². The molecule has 1 atom stereocenters. The van der Waals surface area contributed by atoms with Gasteiger partial charge in [-0.3, -0.25) is 0 Å². The maximum absolute atomic E-state index is 11.9. The van der Waals surface area contributed by atoms with Crippen molar-refractivity contribution in [2.75, 3.05) is 0 Å². The van der Waals surface area contributed by atoms with Gasteiger partial charge in [-0.15, -0.1) is 0 Å². The first-order valence-corrected chi connectivity index (χ1v) is 5.75. The summed E-state index contributed by atoms with van der Waals surface area (Å²) in [6.07, 6.45) is -6.28. The molecule has 1 N–H and O–H groups in total. The maximum Gasteiger partial charge on any atom is 0.389 e. The Kier molecular flexibility index (Phi) is 5.10. The number of aliphatic hydroxyl groups is 1. The number of rotatable bonds is 4. The maximum atomic E-state index is 11.9. The van der Waals surface area contributed by atoms with Gasteiger partial charge in [0.15, 0.2) is 0 Å². The quantitative estimate of drug-likeness (QED) is 0.846. The molecule has 0 bridgehead atoms. The third kappa shape index (κ3) is 4.74. The summed E-state index contributed by atoms with van der Waals surface area (Å²) in [4.78, 5) is 0. The van der Waals surface area contributed by atoms with Gasteiger partial charge in [0.1, 0.15) is 0 Å². The standard InChI is InChI=1S/C11H11Cl2F3O/c12-8-4-1-3-7(10(8)13)9(17)5-2-6-11(14,15)16/h1,3-4,9,17H,2,5-6H2. The molecule has 0 spiro atoms. The summed E-state index contributed by atoms with van der Waals surface area (Å²) in [5, 5.41) is 10.2. The van der Waals surface area contributed by atoms with Crippen molar-refractivity contribution in [3.05, 3.63) is 33.8 Å². The Bertz CT molecular complexity index is 379. The van der Waals surface area contributed by atoms with Crippen LogP contribution >= 0.6 is 23.2 Å². The van der Waals surface area contributed by atoms with Crippen LogP contribution in [0.25, 0.3) is 0 Å². The van der Waals surface area contributed by atoms with Crippen LogP contribution in [0.5, 0.6) is 0 Å². The van der Waals surface area contributed by atoms with Gasteiger partial charge in [-0.05, 0) is 18.9 Å². The summed E-state index contributed by atoms with van der Waals surface area (Å²) in [6.45, 7) is 0. The summed E-state index contributed by atoms with van der Waals surface area (Å²) >= 11 is 11.6. The van der Waals surface area contributed by atoms with Gasteiger partial charge in [0.25, 0.3) is 0 Å². The molecule has 0 fully saturated rings. The van der Waals surface area contributed by atoms with E-state index in [2.05, 4.69) is 0 Å². The second-order valence-electron chi connectivity index (χ2n) is 3.67. The Morgan fingerprint density at radius 2 is 1.88 bits per heavy atom. The molecule has 96 valence electrons. The van der Waals surface area contributed by atoms with Crippen molar-refractivity contribution >= 4 is 23.2 Å². The lowest BCUT2D eigenvalue weighted by Gasteiger charge is -2.14. The van der Waals surface area contributed by atoms with Crippen molar-refractivity contribution in [3.8, 4) is 0 Å². The number of benzene rings is 1. The molecule has 0 aromatic heterocycles. The van der Waals surface area contributed by atoms with Crippen molar-refractivity contribution in [2.45, 2.75) is 31.5 Å². The fourth-order valence-corrected chi connectivity index (χ4v) is 1.86. The summed E-state index contributed by atoms with van der Waals surface area (Å²) in [6, 6.07) is 4.69. The normalized spacial score (nSPS) is 13.8. The van der Waals surface area contributed by atoms with Gasteiger partial charge in [0.05, 0.1) is 16.1 Å². The van der Waals surface area contributed by atoms with Gasteiger partial charge in [0, 0.05) is 12.0 Å². The average Bonchev–Trinajstić information content (AvgIpc) is 2.20. The molecule has 1 aromatic carbocycles. The Morgan fingerprint density at radius 3 is 2.47 bits per heavy atom. The van der Waals surface area contributed by atoms with Gasteiger partial charge in [-0.2, -0.15) is 13.2 Å². The third-order valence-corrected chi connectivity index (χ3v) is 3.11. The lowest BCUT2D eigenvalue weighted by molar-refractivity contribution is -0.136. The van der Waals surface area contributed by atoms with E-state index in [0.717, 1.165) is 0 Å². The van der Waals surface area contributed by atoms with E-state index in [-0.39, 0.29) is 22.9 Å². The van der Waals surface area contributed by atoms with Gasteiger partial charge >= 0.3 is 6.18 Å². The average molecular weight is 287 g/mol. The Hall–Kier alpha value is -0.450. The lowest BCUT2D eigenvalue weighted by atomic mass is 10.0. The van der Waals surface area contributed by atoms with Gasteiger partial charge < -0.3 is 5.11 Å². The molecule has 0 aliphatic rings. The van der Waals surface area contributed by atoms with Crippen LogP contribution in [0.15, 0.2) is 18.2 Å². The fraction of sp³-hybridized carbons (Fsp3) is 0.455. The Balaban J connectivity index is 2.58. The number of hydrogen-bond acceptors (Lipinski definition) is 1. The first-order chi connectivity index (χ1) is 7.81. The Labute approximate surface area is 107 Å². The lowest BCUT2D eigenvalue weighted by Crippen LogP contribution is -2.08. The zero-order chi connectivity index (χ0) is 13.1. The molecule has 6 heteroatoms. The second kappa shape index (κ2) is 5.94. The first kappa shape index (κ1) is 14.6. The minimum absolute atomic E-state index is 0.000424. The van der Waals surface area contributed by atoms with Crippen molar-refractivity contribution < 1.29 is 18.3 Å². The summed E-state index contributed by atoms with van der Waals surface area (Å²) < 4.78 is 35.8. The largest absolute Gasteiger partial charge is 0.389 e. The van der Waals surface area contributed by atoms with Crippen LogP contribution in [0, 0.1) is 0 Å². The molecule has 1 nitrogen and oxygen atoms in total. The van der Waals surface area contributed by atoms with E-state index in [0.29, 0.717) is 5.56 Å². The second-order valence-corrected chi connectivity index (χ2v) is 4.45. The molecule has 1 aromatic rings. The van der Waals surface area contributed by atoms with Gasteiger partial charge in [-0.25, -0.2) is 0 Å². The van der Waals surface area contributed by atoms with Crippen LogP contribution in [0.2, 0.25) is 10.0 Å². The van der Waals surface area contributed by atoms with Crippen LogP contribution < -0.4 is 0 Å². The van der Waals surface area contributed by atoms with E-state index >= 15 is 0 Å². The minimum atomic E-state index is -4.20. The van der Waals surface area contributed by atoms with E-state index in [1.165, 1.54) is 0 Å². The summed E-state index contributed by atoms with van der Waals surface area (Å²) in [7, 11) is 0. The topological polar surface area (TPSA) is 20.2 Å². The van der Waals surface area contributed by atoms with Crippen molar-refractivity contribution in [2.24, 2.45) is 0 Å². The van der Waals surface area contributed by atoms with Gasteiger partial charge in [0.2, 0.25) is 0 Å². The third-order valence-electron chi connectivity index (χ3n) is 2.28. The fourth-order valence-electron chi connectivity index (χ4n) is 1.43. The molecular formula is C11H11Cl2F3O. The van der Waals surface area contributed by atoms with Crippen molar-refractivity contribution in [1.82, 2.24) is 0 Å². The van der Waals surface area contributed by atoms with Crippen LogP contribution in [-0.4, -0.2) is 11.3 Å². The molecule has 1 rings (SSSR count). The molecule has 0 aliphatic carbocycles. The molecule has 0 saturated heterocycles. The van der Waals surface area contributed by atoms with Gasteiger partial charge in [-0.1, -0.05) is 35.3 Å². The highest BCUT2D eigenvalue weighted by Gasteiger charge is 2.27. The molecule has 17 heavy (non-hydrogen) atoms. The minimum Gasteiger partial charge on any atom is -0.388 e. The molecule has 0 heterocycles. The van der Waals surface area contributed by atoms with E-state index < -0.39 is 18.7 Å². The van der Waals surface area contributed by atoms with Crippen LogP contribution in [-0.2, 0) is 0 Å². The predicted octanol–water partition coefficient (Wildman–Crippen LogP) is 4.76. The van der Waals surface area contributed by atoms with Crippen molar-refractivity contribution in [3.63, 3.8) is 0 Å². The van der Waals surface area contributed by atoms with E-state index in [4.69, 9.17) is 23.2 Å². The number of halogens is 5. The molecule has 0 amide bonds. The zero-order valence-corrected chi connectivity index (χ0v) is 10.3. The number of hydrogen-bond donors (Lipinski definition) is 1. The Morgan fingerprint density at radius 1 is 1.24 bits per heavy atom. The van der Waals surface area contributed by atoms with E-state index in [1.54, 1.807) is 18.2 Å². The molecular weight excluding hydrogens is 276 g/mol. The molecule has 0 saturated carbocycles. The van der Waals surface area contributed by atoms with Crippen molar-refractivity contribution in [1.29, 1.82) is 0 Å². The molecule has 0 radical (unpaired) electrons. The van der Waals surface area contributed by atoms with E-state index in [1.807, 2.05) is 0 Å². The highest BCUT2D eigenvalue weighted by Crippen LogP contribution is 2.33. The molecule has 0 aliphatic heterocycles. The highest BCUT2D eigenvalue weighted by atomic mass is 35.5. The predicted molar refractivity (Wildman–Crippen MR) is 61.3 cm³/mol. The number of aliphatic hydroxyl groups excluding tert-OH is 1. The summed E-state index contributed by atoms with van der Waals surface area (Å²) in [5.74, 6) is 0. The molecule has 1 unspecified atom stereocenters. The van der Waals surface area contributed by atoms with Crippen LogP contribution in [0.3, 0.4) is 0 Å². The van der Waals surface area contributed by atoms with Crippen LogP contribution in [0.1, 0.15) is 30.9 Å². The monoisotopic (exact) mass is 286 g/mol. The number of alkyl halides is 3. The zero-order valence-electron chi connectivity index (χ0n) is 8.77. The SMILES string of the molecule is OC(CCCC(F)(F)F)c1cccc(Cl)c1Cl. The van der Waals surface area contributed by atoms with Crippen LogP contribution in [0.4, 0.5) is 13.2 Å².